The molecule has 4 heterocycles. The summed E-state index contributed by atoms with van der Waals surface area (Å²) in [5, 5.41) is 7.06. The largest absolute Gasteiger partial charge is 0.497 e. The van der Waals surface area contributed by atoms with Gasteiger partial charge in [0, 0.05) is 67.5 Å². The number of carbonyl (C=O) groups is 2. The molecule has 5 rings (SSSR count). The summed E-state index contributed by atoms with van der Waals surface area (Å²) in [6, 6.07) is 12.5. The van der Waals surface area contributed by atoms with Gasteiger partial charge in [0.1, 0.15) is 11.8 Å². The highest BCUT2D eigenvalue weighted by Gasteiger charge is 2.37. The van der Waals surface area contributed by atoms with Gasteiger partial charge >= 0.3 is 6.03 Å². The molecule has 9 nitrogen and oxygen atoms in total. The van der Waals surface area contributed by atoms with Gasteiger partial charge in [0.05, 0.1) is 7.11 Å². The van der Waals surface area contributed by atoms with E-state index in [1.165, 1.54) is 0 Å². The van der Waals surface area contributed by atoms with Gasteiger partial charge in [0.2, 0.25) is 5.91 Å². The predicted molar refractivity (Wildman–Crippen MR) is 142 cm³/mol. The number of rotatable bonds is 7. The summed E-state index contributed by atoms with van der Waals surface area (Å²) < 4.78 is 9.23. The van der Waals surface area contributed by atoms with Crippen LogP contribution in [0.4, 0.5) is 4.79 Å². The summed E-state index contributed by atoms with van der Waals surface area (Å²) >= 11 is 0. The molecular formula is C28H35N5O4. The topological polar surface area (TPSA) is 97.6 Å². The van der Waals surface area contributed by atoms with E-state index in [1.807, 2.05) is 59.8 Å². The maximum absolute atomic E-state index is 13.2. The van der Waals surface area contributed by atoms with Crippen LogP contribution in [0.5, 0.6) is 5.75 Å². The fourth-order valence-corrected chi connectivity index (χ4v) is 5.73. The highest BCUT2D eigenvalue weighted by atomic mass is 16.5. The van der Waals surface area contributed by atoms with Crippen LogP contribution in [0, 0.1) is 11.8 Å². The Morgan fingerprint density at radius 2 is 1.95 bits per heavy atom. The number of fused-ring (bicyclic) bond motifs is 5. The molecule has 2 aliphatic heterocycles. The Balaban J connectivity index is 1.18. The third kappa shape index (κ3) is 5.08. The number of amides is 3. The molecule has 3 aromatic rings. The number of methoxy groups -OCH3 is 1. The number of urea groups is 1. The molecule has 0 radical (unpaired) electrons. The van der Waals surface area contributed by atoms with Crippen LogP contribution in [-0.2, 0) is 17.9 Å². The molecule has 2 aromatic heterocycles. The van der Waals surface area contributed by atoms with Crippen molar-refractivity contribution in [1.29, 1.82) is 0 Å². The lowest BCUT2D eigenvalue weighted by atomic mass is 9.83. The molecule has 3 atom stereocenters. The Kier molecular flexibility index (Phi) is 6.95. The molecular weight excluding hydrogens is 470 g/mol. The number of hydrogen-bond donors (Lipinski definition) is 2. The van der Waals surface area contributed by atoms with Crippen LogP contribution >= 0.6 is 0 Å². The van der Waals surface area contributed by atoms with Gasteiger partial charge in [-0.05, 0) is 48.6 Å². The van der Waals surface area contributed by atoms with Crippen molar-refractivity contribution in [2.45, 2.75) is 45.3 Å². The van der Waals surface area contributed by atoms with Crippen molar-refractivity contribution >= 4 is 22.8 Å². The molecule has 37 heavy (non-hydrogen) atoms. The first-order chi connectivity index (χ1) is 17.8. The van der Waals surface area contributed by atoms with Crippen molar-refractivity contribution in [3.05, 3.63) is 64.7 Å². The minimum Gasteiger partial charge on any atom is -0.497 e. The molecule has 3 amide bonds. The molecule has 2 unspecified atom stereocenters. The first-order valence-electron chi connectivity index (χ1n) is 13.0. The number of aromatic nitrogens is 2. The summed E-state index contributed by atoms with van der Waals surface area (Å²) in [6.07, 6.45) is 2.97. The summed E-state index contributed by atoms with van der Waals surface area (Å²) in [6.45, 7) is 6.70. The third-order valence-electron chi connectivity index (χ3n) is 7.63. The van der Waals surface area contributed by atoms with Gasteiger partial charge in [0.25, 0.3) is 5.56 Å². The lowest BCUT2D eigenvalue weighted by molar-refractivity contribution is -0.124. The van der Waals surface area contributed by atoms with E-state index in [9.17, 15) is 14.4 Å². The minimum atomic E-state index is -0.630. The second-order valence-corrected chi connectivity index (χ2v) is 10.5. The van der Waals surface area contributed by atoms with Crippen LogP contribution < -0.4 is 20.9 Å². The molecule has 9 heteroatoms. The van der Waals surface area contributed by atoms with Gasteiger partial charge in [-0.2, -0.15) is 0 Å². The van der Waals surface area contributed by atoms with Crippen molar-refractivity contribution in [1.82, 2.24) is 24.7 Å². The lowest BCUT2D eigenvalue weighted by Crippen LogP contribution is -2.57. The zero-order chi connectivity index (χ0) is 26.1. The van der Waals surface area contributed by atoms with Crippen LogP contribution in [0.2, 0.25) is 0 Å². The second-order valence-electron chi connectivity index (χ2n) is 10.5. The molecule has 0 spiro atoms. The van der Waals surface area contributed by atoms with Gasteiger partial charge in [0.15, 0.2) is 0 Å². The summed E-state index contributed by atoms with van der Waals surface area (Å²) in [7, 11) is 1.65. The fourth-order valence-electron chi connectivity index (χ4n) is 5.73. The monoisotopic (exact) mass is 505 g/mol. The van der Waals surface area contributed by atoms with Crippen LogP contribution in [0.25, 0.3) is 10.9 Å². The Morgan fingerprint density at radius 1 is 1.11 bits per heavy atom. The number of pyridine rings is 1. The van der Waals surface area contributed by atoms with Crippen LogP contribution in [0.3, 0.4) is 0 Å². The maximum Gasteiger partial charge on any atom is 0.318 e. The molecule has 1 saturated heterocycles. The van der Waals surface area contributed by atoms with Crippen molar-refractivity contribution in [2.24, 2.45) is 11.8 Å². The molecule has 2 N–H and O–H groups in total. The van der Waals surface area contributed by atoms with Crippen LogP contribution in [-0.4, -0.2) is 58.8 Å². The molecule has 0 saturated carbocycles. The lowest BCUT2D eigenvalue weighted by Gasteiger charge is -2.43. The number of likely N-dealkylation sites (tertiary alicyclic amines) is 1. The average molecular weight is 506 g/mol. The zero-order valence-corrected chi connectivity index (χ0v) is 21.6. The second kappa shape index (κ2) is 10.3. The Morgan fingerprint density at radius 3 is 2.73 bits per heavy atom. The summed E-state index contributed by atoms with van der Waals surface area (Å²) in [4.78, 5) is 40.4. The van der Waals surface area contributed by atoms with Gasteiger partial charge in [-0.3, -0.25) is 9.59 Å². The smallest absolute Gasteiger partial charge is 0.318 e. The molecule has 2 aliphatic rings. The van der Waals surface area contributed by atoms with Crippen molar-refractivity contribution in [2.75, 3.05) is 26.7 Å². The Hall–Kier alpha value is -3.75. The Bertz CT molecular complexity index is 1360. The van der Waals surface area contributed by atoms with Crippen molar-refractivity contribution in [3.63, 3.8) is 0 Å². The van der Waals surface area contributed by atoms with E-state index in [4.69, 9.17) is 4.74 Å². The number of nitrogens with zero attached hydrogens (tertiary/aromatic N) is 3. The van der Waals surface area contributed by atoms with E-state index in [2.05, 4.69) is 15.2 Å². The fraction of sp³-hybridized carbons (Fsp3) is 0.464. The number of piperidine rings is 1. The number of hydrogen-bond acceptors (Lipinski definition) is 4. The molecule has 196 valence electrons. The molecule has 2 bridgehead atoms. The van der Waals surface area contributed by atoms with E-state index < -0.39 is 6.04 Å². The standard InChI is InChI=1S/C28H35N5O4/c1-18(2)26(27(35)29-10-12-31-11-9-20-14-22(37-3)7-8-23(20)31)30-28(36)32-15-19-13-21(17-32)24-5-4-6-25(34)33(24)16-19/h4-9,11,14,18-19,21,26H,10,12-13,15-17H2,1-3H3,(H,29,35)(H,30,36)/t19?,21-,26?/m0/s1. The zero-order valence-electron chi connectivity index (χ0n) is 21.6. The van der Waals surface area contributed by atoms with Gasteiger partial charge in [-0.1, -0.05) is 19.9 Å². The SMILES string of the molecule is COc1ccc2c(ccn2CCNC(=O)C(NC(=O)N2CC3C[C@@H](C2)c2cccc(=O)n2C3)C(C)C)c1. The van der Waals surface area contributed by atoms with E-state index in [1.54, 1.807) is 19.2 Å². The van der Waals surface area contributed by atoms with E-state index >= 15 is 0 Å². The molecule has 1 fully saturated rings. The van der Waals surface area contributed by atoms with Gasteiger partial charge in [-0.25, -0.2) is 4.79 Å². The summed E-state index contributed by atoms with van der Waals surface area (Å²) in [5.74, 6) is 0.933. The van der Waals surface area contributed by atoms with Crippen molar-refractivity contribution < 1.29 is 14.3 Å². The number of nitrogens with one attached hydrogen (secondary N) is 2. The Labute approximate surface area is 216 Å². The van der Waals surface area contributed by atoms with Crippen LogP contribution in [0.1, 0.15) is 31.9 Å². The normalized spacial score (nSPS) is 19.4. The maximum atomic E-state index is 13.2. The van der Waals surface area contributed by atoms with E-state index in [0.717, 1.165) is 28.8 Å². The third-order valence-corrected chi connectivity index (χ3v) is 7.63. The highest BCUT2D eigenvalue weighted by molar-refractivity contribution is 5.87. The number of ether oxygens (including phenoxy) is 1. The van der Waals surface area contributed by atoms with Gasteiger partial charge < -0.3 is 29.4 Å². The quantitative estimate of drug-likeness (QED) is 0.516. The minimum absolute atomic E-state index is 0.0225. The molecule has 0 aliphatic carbocycles. The molecule has 1 aromatic carbocycles. The number of benzene rings is 1. The van der Waals surface area contributed by atoms with Crippen molar-refractivity contribution in [3.8, 4) is 5.75 Å². The first kappa shape index (κ1) is 24.9. The highest BCUT2D eigenvalue weighted by Crippen LogP contribution is 2.35. The van der Waals surface area contributed by atoms with E-state index in [0.29, 0.717) is 32.7 Å². The van der Waals surface area contributed by atoms with Gasteiger partial charge in [-0.15, -0.1) is 0 Å². The van der Waals surface area contributed by atoms with Crippen LogP contribution in [0.15, 0.2) is 53.5 Å². The predicted octanol–water partition coefficient (Wildman–Crippen LogP) is 2.78. The van der Waals surface area contributed by atoms with E-state index in [-0.39, 0.29) is 35.3 Å². The number of carbonyl (C=O) groups excluding carboxylic acids is 2. The first-order valence-corrected chi connectivity index (χ1v) is 13.0. The summed E-state index contributed by atoms with van der Waals surface area (Å²) in [5.41, 5.74) is 2.09. The average Bonchev–Trinajstić information content (AvgIpc) is 3.29.